The monoisotopic (exact) mass is 363 g/mol. The summed E-state index contributed by atoms with van der Waals surface area (Å²) < 4.78 is 1.64. The highest BCUT2D eigenvalue weighted by atomic mass is 35.5. The fourth-order valence-corrected chi connectivity index (χ4v) is 3.86. The fraction of sp³-hybridized carbons (Fsp3) is 0.353. The van der Waals surface area contributed by atoms with E-state index in [-0.39, 0.29) is 29.8 Å². The average molecular weight is 364 g/mol. The molecule has 126 valence electrons. The number of thioether (sulfide) groups is 1. The van der Waals surface area contributed by atoms with E-state index in [4.69, 9.17) is 11.6 Å². The minimum atomic E-state index is -0.168. The number of carbonyl (C=O) groups is 1. The molecule has 0 saturated carbocycles. The number of carbonyl (C=O) groups excluding carboxylic acids is 1. The normalized spacial score (nSPS) is 16.2. The van der Waals surface area contributed by atoms with Crippen molar-refractivity contribution in [1.82, 2.24) is 9.55 Å². The summed E-state index contributed by atoms with van der Waals surface area (Å²) in [7, 11) is 0. The number of hydrogen-bond donors (Lipinski definition) is 1. The Balaban J connectivity index is 1.73. The summed E-state index contributed by atoms with van der Waals surface area (Å²) in [6, 6.07) is 8.35. The largest absolute Gasteiger partial charge is 0.326 e. The van der Waals surface area contributed by atoms with Crippen molar-refractivity contribution in [3.63, 3.8) is 0 Å². The highest BCUT2D eigenvalue weighted by Crippen LogP contribution is 2.33. The fourth-order valence-electron chi connectivity index (χ4n) is 2.58. The van der Waals surface area contributed by atoms with Gasteiger partial charge in [-0.2, -0.15) is 0 Å². The number of rotatable bonds is 4. The van der Waals surface area contributed by atoms with E-state index in [0.29, 0.717) is 21.6 Å². The van der Waals surface area contributed by atoms with Gasteiger partial charge in [-0.3, -0.25) is 14.2 Å². The van der Waals surface area contributed by atoms with Crippen LogP contribution in [0.1, 0.15) is 37.9 Å². The predicted molar refractivity (Wildman–Crippen MR) is 97.0 cm³/mol. The van der Waals surface area contributed by atoms with E-state index < -0.39 is 0 Å². The minimum Gasteiger partial charge on any atom is -0.326 e. The van der Waals surface area contributed by atoms with Gasteiger partial charge in [0.25, 0.3) is 5.56 Å². The first-order valence-corrected chi connectivity index (χ1v) is 9.12. The molecule has 0 aliphatic carbocycles. The number of hydrogen-bond acceptors (Lipinski definition) is 4. The molecule has 2 heterocycles. The van der Waals surface area contributed by atoms with Crippen LogP contribution in [0.4, 0.5) is 5.69 Å². The van der Waals surface area contributed by atoms with Gasteiger partial charge >= 0.3 is 0 Å². The van der Waals surface area contributed by atoms with E-state index in [1.807, 2.05) is 13.8 Å². The Morgan fingerprint density at radius 1 is 1.42 bits per heavy atom. The van der Waals surface area contributed by atoms with E-state index >= 15 is 0 Å². The minimum absolute atomic E-state index is 0.0852. The second kappa shape index (κ2) is 6.99. The van der Waals surface area contributed by atoms with Gasteiger partial charge in [0.15, 0.2) is 5.16 Å². The van der Waals surface area contributed by atoms with Gasteiger partial charge in [-0.25, -0.2) is 4.98 Å². The Labute approximate surface area is 149 Å². The summed E-state index contributed by atoms with van der Waals surface area (Å²) >= 11 is 7.36. The lowest BCUT2D eigenvalue weighted by atomic mass is 10.1. The van der Waals surface area contributed by atoms with E-state index in [1.165, 1.54) is 11.8 Å². The molecule has 1 atom stereocenters. The van der Waals surface area contributed by atoms with Crippen molar-refractivity contribution in [3.8, 4) is 0 Å². The molecule has 1 N–H and O–H groups in total. The number of anilines is 1. The van der Waals surface area contributed by atoms with Crippen LogP contribution in [-0.4, -0.2) is 21.2 Å². The first kappa shape index (κ1) is 17.0. The van der Waals surface area contributed by atoms with Crippen LogP contribution < -0.4 is 10.9 Å². The molecule has 0 saturated heterocycles. The Kier molecular flexibility index (Phi) is 4.96. The Morgan fingerprint density at radius 3 is 2.79 bits per heavy atom. The third-order valence-corrected chi connectivity index (χ3v) is 5.20. The lowest BCUT2D eigenvalue weighted by molar-refractivity contribution is -0.116. The van der Waals surface area contributed by atoms with Crippen molar-refractivity contribution in [2.75, 3.05) is 11.1 Å². The van der Waals surface area contributed by atoms with Gasteiger partial charge in [0, 0.05) is 29.0 Å². The highest BCUT2D eigenvalue weighted by molar-refractivity contribution is 7.99. The lowest BCUT2D eigenvalue weighted by Crippen LogP contribution is -2.28. The van der Waals surface area contributed by atoms with Gasteiger partial charge in [0.2, 0.25) is 5.91 Å². The molecule has 24 heavy (non-hydrogen) atoms. The van der Waals surface area contributed by atoms with Crippen molar-refractivity contribution in [2.45, 2.75) is 37.4 Å². The zero-order valence-electron chi connectivity index (χ0n) is 13.5. The van der Waals surface area contributed by atoms with Crippen molar-refractivity contribution in [1.29, 1.82) is 0 Å². The van der Waals surface area contributed by atoms with Gasteiger partial charge in [0.05, 0.1) is 11.7 Å². The van der Waals surface area contributed by atoms with Crippen LogP contribution >= 0.6 is 23.4 Å². The molecule has 1 unspecified atom stereocenters. The maximum absolute atomic E-state index is 12.4. The summed E-state index contributed by atoms with van der Waals surface area (Å²) in [4.78, 5) is 29.2. The van der Waals surface area contributed by atoms with E-state index in [2.05, 4.69) is 10.3 Å². The van der Waals surface area contributed by atoms with Gasteiger partial charge in [-0.1, -0.05) is 37.2 Å². The van der Waals surface area contributed by atoms with Crippen LogP contribution in [0.5, 0.6) is 0 Å². The molecule has 0 spiro atoms. The Bertz CT molecular complexity index is 818. The van der Waals surface area contributed by atoms with Crippen LogP contribution in [0.2, 0.25) is 5.02 Å². The van der Waals surface area contributed by atoms with Crippen LogP contribution in [0.25, 0.3) is 0 Å². The van der Waals surface area contributed by atoms with Crippen LogP contribution in [0, 0.1) is 0 Å². The first-order chi connectivity index (χ1) is 11.4. The molecular formula is C17H18ClN3O2S. The van der Waals surface area contributed by atoms with E-state index in [0.717, 1.165) is 5.69 Å². The quantitative estimate of drug-likeness (QED) is 0.841. The molecule has 1 aliphatic heterocycles. The summed E-state index contributed by atoms with van der Waals surface area (Å²) in [6.45, 7) is 4.02. The maximum Gasteiger partial charge on any atom is 0.254 e. The lowest BCUT2D eigenvalue weighted by Gasteiger charge is -2.14. The van der Waals surface area contributed by atoms with Crippen molar-refractivity contribution >= 4 is 35.0 Å². The SMILES string of the molecule is CC(C)c1cc(=O)n2c(n1)SCC2CC(=O)Nc1ccc(Cl)cc1. The molecule has 0 radical (unpaired) electrons. The van der Waals surface area contributed by atoms with Crippen LogP contribution in [-0.2, 0) is 4.79 Å². The van der Waals surface area contributed by atoms with E-state index in [1.54, 1.807) is 34.9 Å². The van der Waals surface area contributed by atoms with Gasteiger partial charge in [-0.15, -0.1) is 0 Å². The molecule has 1 amide bonds. The molecule has 2 aromatic rings. The maximum atomic E-state index is 12.4. The molecular weight excluding hydrogens is 346 g/mol. The number of amides is 1. The summed E-state index contributed by atoms with van der Waals surface area (Å²) in [5, 5.41) is 4.16. The zero-order chi connectivity index (χ0) is 17.3. The molecule has 0 bridgehead atoms. The van der Waals surface area contributed by atoms with Crippen molar-refractivity contribution in [2.24, 2.45) is 0 Å². The second-order valence-electron chi connectivity index (χ2n) is 6.05. The number of fused-ring (bicyclic) bond motifs is 1. The number of benzene rings is 1. The Hall–Kier alpha value is -1.79. The number of nitrogens with one attached hydrogen (secondary N) is 1. The summed E-state index contributed by atoms with van der Waals surface area (Å²) in [5.74, 6) is 0.754. The first-order valence-electron chi connectivity index (χ1n) is 7.75. The average Bonchev–Trinajstić information content (AvgIpc) is 2.93. The number of nitrogens with zero attached hydrogens (tertiary/aromatic N) is 2. The molecule has 1 aromatic heterocycles. The summed E-state index contributed by atoms with van der Waals surface area (Å²) in [6.07, 6.45) is 0.241. The second-order valence-corrected chi connectivity index (χ2v) is 7.47. The smallest absolute Gasteiger partial charge is 0.254 e. The predicted octanol–water partition coefficient (Wildman–Crippen LogP) is 3.70. The van der Waals surface area contributed by atoms with Crippen molar-refractivity contribution < 1.29 is 4.79 Å². The third kappa shape index (κ3) is 3.65. The molecule has 7 heteroatoms. The molecule has 1 aromatic carbocycles. The van der Waals surface area contributed by atoms with Crippen LogP contribution in [0.15, 0.2) is 40.3 Å². The van der Waals surface area contributed by atoms with Crippen molar-refractivity contribution in [3.05, 3.63) is 51.4 Å². The van der Waals surface area contributed by atoms with E-state index in [9.17, 15) is 9.59 Å². The summed E-state index contributed by atoms with van der Waals surface area (Å²) in [5.41, 5.74) is 1.40. The standard InChI is InChI=1S/C17H18ClN3O2S/c1-10(2)14-8-16(23)21-13(9-24-17(21)20-14)7-15(22)19-12-5-3-11(18)4-6-12/h3-6,8,10,13H,7,9H2,1-2H3,(H,19,22). The van der Waals surface area contributed by atoms with Gasteiger partial charge in [0.1, 0.15) is 0 Å². The number of aromatic nitrogens is 2. The Morgan fingerprint density at radius 2 is 2.12 bits per heavy atom. The molecule has 5 nitrogen and oxygen atoms in total. The zero-order valence-corrected chi connectivity index (χ0v) is 15.0. The molecule has 1 aliphatic rings. The molecule has 0 fully saturated rings. The van der Waals surface area contributed by atoms with Gasteiger partial charge in [-0.05, 0) is 30.2 Å². The third-order valence-electron chi connectivity index (χ3n) is 3.85. The number of halogens is 1. The van der Waals surface area contributed by atoms with Crippen LogP contribution in [0.3, 0.4) is 0 Å². The molecule has 3 rings (SSSR count). The highest BCUT2D eigenvalue weighted by Gasteiger charge is 2.28. The topological polar surface area (TPSA) is 64.0 Å². The van der Waals surface area contributed by atoms with Gasteiger partial charge < -0.3 is 5.32 Å².